The van der Waals surface area contributed by atoms with Crippen LogP contribution in [0.1, 0.15) is 104 Å². The van der Waals surface area contributed by atoms with Gasteiger partial charge in [-0.2, -0.15) is 6.07 Å². The number of hydrogen-bond acceptors (Lipinski definition) is 4. The first kappa shape index (κ1) is 39.0. The maximum atomic E-state index is 6.78. The predicted molar refractivity (Wildman–Crippen MR) is 232 cm³/mol. The Balaban J connectivity index is 0.00000455. The Labute approximate surface area is 353 Å². The summed E-state index contributed by atoms with van der Waals surface area (Å²) in [6, 6.07) is 42.2. The minimum absolute atomic E-state index is 0. The minimum atomic E-state index is -0.199. The van der Waals surface area contributed by atoms with Gasteiger partial charge in [0, 0.05) is 61.3 Å². The number of fused-ring (bicyclic) bond motifs is 1. The van der Waals surface area contributed by atoms with Crippen molar-refractivity contribution in [3.63, 3.8) is 0 Å². The maximum Gasteiger partial charge on any atom is 0.135 e. The van der Waals surface area contributed by atoms with Crippen molar-refractivity contribution >= 4 is 44.6 Å². The van der Waals surface area contributed by atoms with E-state index in [1.54, 1.807) is 0 Å². The van der Waals surface area contributed by atoms with Crippen molar-refractivity contribution < 1.29 is 25.8 Å². The quantitative estimate of drug-likeness (QED) is 0.161. The SMILES string of the molecule is CC(C)(C)c1cc(N2[CH-]N(c3[c-]c(Oc4[c-]c5c6c(c4)C(C)(C)c4cccc(c46)n5-c4cc(C(C)(C)C)ccn4)ccc3)c3ccccc32)cc(C(C)(C)C)c1.[Pt]. The Morgan fingerprint density at radius 1 is 0.614 bits per heavy atom. The fourth-order valence-electron chi connectivity index (χ4n) is 8.42. The number of hydrogen-bond donors (Lipinski definition) is 0. The largest absolute Gasteiger partial charge is 0.509 e. The molecule has 0 fully saturated rings. The van der Waals surface area contributed by atoms with E-state index in [-0.39, 0.29) is 42.7 Å². The fraction of sp³-hybridized carbons (Fsp3) is 0.294. The van der Waals surface area contributed by atoms with Gasteiger partial charge in [0.2, 0.25) is 0 Å². The molecule has 0 bridgehead atoms. The molecule has 0 atom stereocenters. The molecule has 0 saturated carbocycles. The summed E-state index contributed by atoms with van der Waals surface area (Å²) in [5.74, 6) is 2.17. The number of nitrogens with zero attached hydrogens (tertiary/aromatic N) is 4. The topological polar surface area (TPSA) is 33.5 Å². The van der Waals surface area contributed by atoms with E-state index in [1.165, 1.54) is 38.6 Å². The molecule has 7 aromatic rings. The molecule has 6 heteroatoms. The van der Waals surface area contributed by atoms with Gasteiger partial charge in [-0.3, -0.25) is 0 Å². The molecule has 0 spiro atoms. The molecule has 9 rings (SSSR count). The number of rotatable bonds is 5. The zero-order chi connectivity index (χ0) is 39.5. The van der Waals surface area contributed by atoms with Gasteiger partial charge >= 0.3 is 0 Å². The van der Waals surface area contributed by atoms with Crippen molar-refractivity contribution in [1.29, 1.82) is 0 Å². The number of pyridine rings is 1. The Hall–Kier alpha value is -4.86. The molecule has 0 N–H and O–H groups in total. The number of benzene rings is 5. The van der Waals surface area contributed by atoms with E-state index in [0.717, 1.165) is 39.6 Å². The van der Waals surface area contributed by atoms with Crippen LogP contribution in [0.2, 0.25) is 0 Å². The fourth-order valence-corrected chi connectivity index (χ4v) is 8.42. The smallest absolute Gasteiger partial charge is 0.135 e. The van der Waals surface area contributed by atoms with Crippen LogP contribution in [0, 0.1) is 18.8 Å². The van der Waals surface area contributed by atoms with Crippen LogP contribution in [0.3, 0.4) is 0 Å². The van der Waals surface area contributed by atoms with Gasteiger partial charge < -0.3 is 19.1 Å². The van der Waals surface area contributed by atoms with E-state index in [1.807, 2.05) is 18.3 Å². The van der Waals surface area contributed by atoms with Gasteiger partial charge in [-0.05, 0) is 91.8 Å². The Kier molecular flexibility index (Phi) is 9.13. The Bertz CT molecular complexity index is 2670. The van der Waals surface area contributed by atoms with Gasteiger partial charge in [0.1, 0.15) is 5.82 Å². The third kappa shape index (κ3) is 6.47. The molecule has 294 valence electrons. The monoisotopic (exact) mass is 930 g/mol. The molecule has 0 radical (unpaired) electrons. The summed E-state index contributed by atoms with van der Waals surface area (Å²) >= 11 is 0. The number of aromatic nitrogens is 2. The van der Waals surface area contributed by atoms with E-state index in [0.29, 0.717) is 11.5 Å². The predicted octanol–water partition coefficient (Wildman–Crippen LogP) is 13.5. The van der Waals surface area contributed by atoms with Crippen molar-refractivity contribution in [2.24, 2.45) is 0 Å². The van der Waals surface area contributed by atoms with Crippen molar-refractivity contribution in [3.8, 4) is 17.3 Å². The van der Waals surface area contributed by atoms with Crippen LogP contribution >= 0.6 is 0 Å². The molecule has 5 nitrogen and oxygen atoms in total. The van der Waals surface area contributed by atoms with E-state index in [4.69, 9.17) is 9.72 Å². The van der Waals surface area contributed by atoms with E-state index in [9.17, 15) is 0 Å². The normalized spacial score (nSPS) is 14.8. The molecule has 3 heterocycles. The molecule has 2 aromatic heterocycles. The van der Waals surface area contributed by atoms with Crippen LogP contribution in [0.15, 0.2) is 103 Å². The van der Waals surface area contributed by atoms with Gasteiger partial charge in [0.05, 0.1) is 0 Å². The van der Waals surface area contributed by atoms with Crippen LogP contribution in [0.25, 0.3) is 27.6 Å². The van der Waals surface area contributed by atoms with Crippen molar-refractivity contribution in [2.45, 2.75) is 97.8 Å². The number of para-hydroxylation sites is 2. The summed E-state index contributed by atoms with van der Waals surface area (Å²) in [4.78, 5) is 9.43. The van der Waals surface area contributed by atoms with E-state index in [2.05, 4.69) is 194 Å². The van der Waals surface area contributed by atoms with E-state index >= 15 is 0 Å². The minimum Gasteiger partial charge on any atom is -0.509 e. The van der Waals surface area contributed by atoms with Crippen LogP contribution in [0.5, 0.6) is 11.5 Å². The molecule has 5 aromatic carbocycles. The van der Waals surface area contributed by atoms with Crippen LogP contribution in [-0.2, 0) is 42.7 Å². The summed E-state index contributed by atoms with van der Waals surface area (Å²) in [5, 5.41) is 2.50. The first-order valence-corrected chi connectivity index (χ1v) is 19.8. The van der Waals surface area contributed by atoms with Gasteiger partial charge in [-0.1, -0.05) is 117 Å². The maximum absolute atomic E-state index is 6.78. The molecule has 1 aliphatic heterocycles. The standard InChI is InChI=1S/C51H51N4O.Pt/c1-48(2,3)32-22-23-52-45(27-32)55-43-21-15-18-39-46(43)47-40(51(39,10)11)29-38(30-44(47)55)56-37-17-14-16-35(28-37)53-31-54(42-20-13-12-19-41(42)53)36-25-33(49(4,5)6)24-34(26-36)50(7,8)9;/h12-27,29,31H,1-11H3;/q-3;. The molecule has 0 saturated heterocycles. The molecule has 0 amide bonds. The first-order valence-electron chi connectivity index (χ1n) is 19.8. The molecule has 57 heavy (non-hydrogen) atoms. The first-order chi connectivity index (χ1) is 26.4. The zero-order valence-corrected chi connectivity index (χ0v) is 37.2. The van der Waals surface area contributed by atoms with E-state index < -0.39 is 0 Å². The summed E-state index contributed by atoms with van der Waals surface area (Å²) in [6.07, 6.45) is 1.92. The third-order valence-electron chi connectivity index (χ3n) is 11.8. The van der Waals surface area contributed by atoms with Gasteiger partial charge in [-0.25, -0.2) is 4.98 Å². The Morgan fingerprint density at radius 3 is 1.93 bits per heavy atom. The summed E-state index contributed by atoms with van der Waals surface area (Å²) in [5.41, 5.74) is 12.6. The molecule has 0 unspecified atom stereocenters. The van der Waals surface area contributed by atoms with Crippen LogP contribution in [0.4, 0.5) is 22.7 Å². The van der Waals surface area contributed by atoms with Crippen LogP contribution < -0.4 is 14.5 Å². The molecule has 1 aliphatic carbocycles. The van der Waals surface area contributed by atoms with Crippen molar-refractivity contribution in [2.75, 3.05) is 9.80 Å². The summed E-state index contributed by atoms with van der Waals surface area (Å²) in [7, 11) is 0. The second-order valence-electron chi connectivity index (χ2n) is 19.2. The summed E-state index contributed by atoms with van der Waals surface area (Å²) in [6.45, 7) is 27.2. The number of anilines is 4. The van der Waals surface area contributed by atoms with Gasteiger partial charge in [-0.15, -0.1) is 48.3 Å². The van der Waals surface area contributed by atoms with Crippen molar-refractivity contribution in [3.05, 3.63) is 150 Å². The van der Waals surface area contributed by atoms with Gasteiger partial charge in [0.25, 0.3) is 0 Å². The second-order valence-corrected chi connectivity index (χ2v) is 19.2. The molecular weight excluding hydrogens is 880 g/mol. The Morgan fingerprint density at radius 2 is 1.26 bits per heavy atom. The molecular formula is C51H51N4OPt-3. The number of ether oxygens (including phenoxy) is 1. The van der Waals surface area contributed by atoms with Crippen molar-refractivity contribution in [1.82, 2.24) is 9.55 Å². The van der Waals surface area contributed by atoms with Crippen LogP contribution in [-0.4, -0.2) is 9.55 Å². The average molecular weight is 931 g/mol. The van der Waals surface area contributed by atoms with Gasteiger partial charge in [0.15, 0.2) is 0 Å². The summed E-state index contributed by atoms with van der Waals surface area (Å²) < 4.78 is 9.04. The molecule has 2 aliphatic rings. The third-order valence-corrected chi connectivity index (χ3v) is 11.8. The zero-order valence-electron chi connectivity index (χ0n) is 34.9. The average Bonchev–Trinajstić information content (AvgIpc) is 3.77. The second kappa shape index (κ2) is 13.3.